The molecule has 0 amide bonds. The molecule has 0 spiro atoms. The van der Waals surface area contributed by atoms with Crippen molar-refractivity contribution in [3.8, 4) is 0 Å². The van der Waals surface area contributed by atoms with Crippen molar-refractivity contribution in [1.29, 1.82) is 0 Å². The van der Waals surface area contributed by atoms with Gasteiger partial charge in [-0.3, -0.25) is 0 Å². The summed E-state index contributed by atoms with van der Waals surface area (Å²) >= 11 is 0. The Hall–Kier alpha value is -3.86. The third-order valence-electron chi connectivity index (χ3n) is 7.38. The van der Waals surface area contributed by atoms with Gasteiger partial charge in [0.25, 0.3) is 0 Å². The smallest absolute Gasteiger partial charge is 0.124 e. The Balaban J connectivity index is 1.33. The van der Waals surface area contributed by atoms with Crippen molar-refractivity contribution in [3.63, 3.8) is 0 Å². The second kappa shape index (κ2) is 10.1. The molecule has 194 valence electrons. The first-order valence-corrected chi connectivity index (χ1v) is 13.1. The zero-order chi connectivity index (χ0) is 26.9. The molecule has 4 aromatic rings. The number of nitrogens with zero attached hydrogens (tertiary/aromatic N) is 2. The maximum atomic E-state index is 6.01. The molecule has 5 rings (SSSR count). The summed E-state index contributed by atoms with van der Waals surface area (Å²) < 4.78 is 0. The number of hydrogen-bond donors (Lipinski definition) is 0. The lowest BCUT2D eigenvalue weighted by Crippen LogP contribution is -2.41. The first-order valence-electron chi connectivity index (χ1n) is 13.1. The Morgan fingerprint density at radius 3 is 1.26 bits per heavy atom. The van der Waals surface area contributed by atoms with E-state index in [1.165, 1.54) is 16.4 Å². The molecular formula is C34H36N2O2. The fourth-order valence-electron chi connectivity index (χ4n) is 4.23. The van der Waals surface area contributed by atoms with Crippen molar-refractivity contribution in [2.75, 3.05) is 10.1 Å². The number of rotatable bonds is 6. The van der Waals surface area contributed by atoms with E-state index in [2.05, 4.69) is 116 Å². The van der Waals surface area contributed by atoms with E-state index in [-0.39, 0.29) is 0 Å². The van der Waals surface area contributed by atoms with Gasteiger partial charge in [0, 0.05) is 17.1 Å². The van der Waals surface area contributed by atoms with Crippen LogP contribution in [0.2, 0.25) is 0 Å². The van der Waals surface area contributed by atoms with Gasteiger partial charge in [0.2, 0.25) is 0 Å². The van der Waals surface area contributed by atoms with Crippen LogP contribution in [0.25, 0.3) is 12.2 Å². The number of anilines is 4. The number of aryl methyl sites for hydroxylation is 2. The van der Waals surface area contributed by atoms with E-state index in [1.807, 2.05) is 39.8 Å². The van der Waals surface area contributed by atoms with Crippen molar-refractivity contribution >= 4 is 34.9 Å². The predicted octanol–water partition coefficient (Wildman–Crippen LogP) is 9.18. The third-order valence-corrected chi connectivity index (χ3v) is 7.38. The van der Waals surface area contributed by atoms with Gasteiger partial charge in [0.05, 0.1) is 5.69 Å². The highest BCUT2D eigenvalue weighted by atomic mass is 17.0. The average Bonchev–Trinajstić information content (AvgIpc) is 3.12. The van der Waals surface area contributed by atoms with Crippen LogP contribution in [0.15, 0.2) is 97.1 Å². The van der Waals surface area contributed by atoms with Crippen LogP contribution < -0.4 is 10.1 Å². The minimum Gasteiger partial charge on any atom is -0.311 e. The maximum absolute atomic E-state index is 6.01. The first kappa shape index (κ1) is 25.8. The monoisotopic (exact) mass is 504 g/mol. The molecule has 1 aliphatic heterocycles. The summed E-state index contributed by atoms with van der Waals surface area (Å²) in [4.78, 5) is 14.3. The Morgan fingerprint density at radius 1 is 0.526 bits per heavy atom. The summed E-state index contributed by atoms with van der Waals surface area (Å²) in [5.74, 6) is 0. The number of benzene rings is 4. The molecule has 1 saturated heterocycles. The molecule has 4 nitrogen and oxygen atoms in total. The molecule has 4 aromatic carbocycles. The molecule has 0 unspecified atom stereocenters. The fourth-order valence-corrected chi connectivity index (χ4v) is 4.23. The lowest BCUT2D eigenvalue weighted by atomic mass is 9.90. The minimum absolute atomic E-state index is 0.410. The van der Waals surface area contributed by atoms with E-state index < -0.39 is 11.2 Å². The molecular weight excluding hydrogens is 468 g/mol. The summed E-state index contributed by atoms with van der Waals surface area (Å²) in [7, 11) is 0. The Kier molecular flexibility index (Phi) is 6.87. The van der Waals surface area contributed by atoms with Gasteiger partial charge in [-0.15, -0.1) is 5.23 Å². The van der Waals surface area contributed by atoms with Crippen LogP contribution in [0.5, 0.6) is 0 Å². The normalized spacial score (nSPS) is 16.2. The molecule has 0 atom stereocenters. The molecule has 1 aliphatic rings. The predicted molar refractivity (Wildman–Crippen MR) is 159 cm³/mol. The molecule has 4 heteroatoms. The summed E-state index contributed by atoms with van der Waals surface area (Å²) in [6, 6.07) is 34.2. The summed E-state index contributed by atoms with van der Waals surface area (Å²) in [5, 5.41) is 1.53. The van der Waals surface area contributed by atoms with Crippen LogP contribution in [0, 0.1) is 13.8 Å². The molecule has 0 aliphatic carbocycles. The summed E-state index contributed by atoms with van der Waals surface area (Å²) in [6.45, 7) is 12.4. The van der Waals surface area contributed by atoms with E-state index >= 15 is 0 Å². The van der Waals surface area contributed by atoms with Crippen molar-refractivity contribution in [1.82, 2.24) is 0 Å². The standard InChI is InChI=1S/C34H36N2O2/c1-25-7-17-29(18-8-25)35(30-19-9-26(2)10-20-30)31-21-13-27(14-22-31)11-12-28-15-23-32(24-16-28)36-37-33(3,4)34(5,6)38-36/h7-24H,1-6H3/b12-11+. The fraction of sp³-hybridized carbons (Fsp3) is 0.235. The van der Waals surface area contributed by atoms with Gasteiger partial charge >= 0.3 is 0 Å². The molecule has 0 aromatic heterocycles. The Labute approximate surface area is 226 Å². The van der Waals surface area contributed by atoms with Crippen molar-refractivity contribution < 1.29 is 9.68 Å². The van der Waals surface area contributed by atoms with Crippen LogP contribution in [-0.4, -0.2) is 11.2 Å². The SMILES string of the molecule is Cc1ccc(N(c2ccc(C)cc2)c2ccc(/C=C/c3ccc(N4OC(C)(C)C(C)(C)O4)cc3)cc2)cc1. The van der Waals surface area contributed by atoms with Crippen LogP contribution in [0.4, 0.5) is 22.7 Å². The Bertz CT molecular complexity index is 1340. The lowest BCUT2D eigenvalue weighted by molar-refractivity contribution is -0.0273. The van der Waals surface area contributed by atoms with Crippen LogP contribution >= 0.6 is 0 Å². The quantitative estimate of drug-likeness (QED) is 0.244. The van der Waals surface area contributed by atoms with Crippen LogP contribution in [-0.2, 0) is 9.68 Å². The van der Waals surface area contributed by atoms with Gasteiger partial charge in [-0.2, -0.15) is 0 Å². The van der Waals surface area contributed by atoms with Gasteiger partial charge in [0.1, 0.15) is 11.2 Å². The van der Waals surface area contributed by atoms with Crippen molar-refractivity contribution in [3.05, 3.63) is 119 Å². The Morgan fingerprint density at radius 2 is 0.868 bits per heavy atom. The van der Waals surface area contributed by atoms with E-state index in [1.54, 1.807) is 0 Å². The van der Waals surface area contributed by atoms with Crippen LogP contribution in [0.3, 0.4) is 0 Å². The highest BCUT2D eigenvalue weighted by Crippen LogP contribution is 2.40. The number of hydrogen-bond acceptors (Lipinski definition) is 4. The van der Waals surface area contributed by atoms with Gasteiger partial charge < -0.3 is 4.90 Å². The maximum Gasteiger partial charge on any atom is 0.124 e. The molecule has 0 radical (unpaired) electrons. The molecule has 0 N–H and O–H groups in total. The highest BCUT2D eigenvalue weighted by Gasteiger charge is 2.50. The van der Waals surface area contributed by atoms with Gasteiger partial charge in [-0.25, -0.2) is 9.68 Å². The minimum atomic E-state index is -0.410. The molecule has 38 heavy (non-hydrogen) atoms. The van der Waals surface area contributed by atoms with Crippen molar-refractivity contribution in [2.45, 2.75) is 52.7 Å². The first-order chi connectivity index (χ1) is 18.1. The molecule has 1 fully saturated rings. The van der Waals surface area contributed by atoms with Gasteiger partial charge in [-0.05, 0) is 101 Å². The topological polar surface area (TPSA) is 24.9 Å². The van der Waals surface area contributed by atoms with Gasteiger partial charge in [-0.1, -0.05) is 71.8 Å². The zero-order valence-electron chi connectivity index (χ0n) is 23.1. The lowest BCUT2D eigenvalue weighted by Gasteiger charge is -2.26. The van der Waals surface area contributed by atoms with Crippen molar-refractivity contribution in [2.24, 2.45) is 0 Å². The van der Waals surface area contributed by atoms with Gasteiger partial charge in [0.15, 0.2) is 0 Å². The zero-order valence-corrected chi connectivity index (χ0v) is 23.1. The summed E-state index contributed by atoms with van der Waals surface area (Å²) in [5.41, 5.74) is 8.20. The van der Waals surface area contributed by atoms with E-state index in [0.717, 1.165) is 33.9 Å². The summed E-state index contributed by atoms with van der Waals surface area (Å²) in [6.07, 6.45) is 4.26. The highest BCUT2D eigenvalue weighted by molar-refractivity contribution is 5.78. The van der Waals surface area contributed by atoms with E-state index in [0.29, 0.717) is 0 Å². The molecule has 1 heterocycles. The molecule has 0 saturated carbocycles. The second-order valence-corrected chi connectivity index (χ2v) is 11.0. The molecule has 0 bridgehead atoms. The second-order valence-electron chi connectivity index (χ2n) is 11.0. The average molecular weight is 505 g/mol. The largest absolute Gasteiger partial charge is 0.311 e. The third kappa shape index (κ3) is 5.38. The van der Waals surface area contributed by atoms with E-state index in [4.69, 9.17) is 9.68 Å². The van der Waals surface area contributed by atoms with Crippen LogP contribution in [0.1, 0.15) is 49.9 Å². The van der Waals surface area contributed by atoms with E-state index in [9.17, 15) is 0 Å².